The Hall–Kier alpha value is -3.08. The molecule has 0 saturated carbocycles. The van der Waals surface area contributed by atoms with Crippen molar-refractivity contribution in [2.45, 2.75) is 27.4 Å². The van der Waals surface area contributed by atoms with Crippen molar-refractivity contribution in [3.05, 3.63) is 71.0 Å². The van der Waals surface area contributed by atoms with Crippen molar-refractivity contribution in [3.8, 4) is 17.1 Å². The van der Waals surface area contributed by atoms with E-state index in [4.69, 9.17) is 4.74 Å². The van der Waals surface area contributed by atoms with E-state index in [1.165, 1.54) is 12.5 Å². The van der Waals surface area contributed by atoms with E-state index >= 15 is 0 Å². The van der Waals surface area contributed by atoms with Gasteiger partial charge in [-0.2, -0.15) is 4.73 Å². The molecule has 3 rings (SSSR count). The molecule has 0 fully saturated rings. The molecule has 1 N–H and O–H groups in total. The van der Waals surface area contributed by atoms with Crippen LogP contribution in [0, 0.1) is 13.8 Å². The summed E-state index contributed by atoms with van der Waals surface area (Å²) in [6.07, 6.45) is 0. The van der Waals surface area contributed by atoms with E-state index in [2.05, 4.69) is 17.1 Å². The van der Waals surface area contributed by atoms with Gasteiger partial charge in [-0.05, 0) is 43.7 Å². The van der Waals surface area contributed by atoms with Gasteiger partial charge in [-0.15, -0.1) is 0 Å². The second-order valence-electron chi connectivity index (χ2n) is 6.04. The van der Waals surface area contributed by atoms with Crippen LogP contribution in [-0.2, 0) is 6.61 Å². The highest BCUT2D eigenvalue weighted by molar-refractivity contribution is 5.94. The van der Waals surface area contributed by atoms with Crippen LogP contribution in [-0.4, -0.2) is 20.7 Å². The molecule has 5 heteroatoms. The first kappa shape index (κ1) is 16.8. The molecule has 128 valence electrons. The van der Waals surface area contributed by atoms with Crippen LogP contribution in [0.15, 0.2) is 48.5 Å². The Bertz CT molecular complexity index is 894. The van der Waals surface area contributed by atoms with Crippen molar-refractivity contribution in [1.29, 1.82) is 0 Å². The van der Waals surface area contributed by atoms with E-state index in [-0.39, 0.29) is 11.5 Å². The lowest BCUT2D eigenvalue weighted by Crippen LogP contribution is -2.05. The number of carbonyl (C=O) groups is 1. The lowest BCUT2D eigenvalue weighted by Gasteiger charge is -2.08. The summed E-state index contributed by atoms with van der Waals surface area (Å²) in [7, 11) is 0. The largest absolute Gasteiger partial charge is 0.489 e. The molecule has 0 radical (unpaired) electrons. The number of benzene rings is 2. The summed E-state index contributed by atoms with van der Waals surface area (Å²) in [6, 6.07) is 15.4. The zero-order chi connectivity index (χ0) is 18.0. The van der Waals surface area contributed by atoms with Crippen LogP contribution in [0.4, 0.5) is 0 Å². The number of imidazole rings is 1. The third-order valence-electron chi connectivity index (χ3n) is 4.00. The maximum absolute atomic E-state index is 11.6. The Morgan fingerprint density at radius 1 is 1.08 bits per heavy atom. The number of ketones is 1. The highest BCUT2D eigenvalue weighted by Gasteiger charge is 2.18. The van der Waals surface area contributed by atoms with Crippen molar-refractivity contribution in [2.75, 3.05) is 0 Å². The third-order valence-corrected chi connectivity index (χ3v) is 4.00. The summed E-state index contributed by atoms with van der Waals surface area (Å²) in [5.74, 6) is 0.841. The molecule has 0 saturated heterocycles. The van der Waals surface area contributed by atoms with Crippen molar-refractivity contribution < 1.29 is 14.7 Å². The molecular weight excluding hydrogens is 316 g/mol. The minimum Gasteiger partial charge on any atom is -0.489 e. The molecule has 0 bridgehead atoms. The number of hydrogen-bond acceptors (Lipinski definition) is 4. The molecule has 2 aromatic carbocycles. The first-order valence-electron chi connectivity index (χ1n) is 8.04. The first-order chi connectivity index (χ1) is 12.0. The summed E-state index contributed by atoms with van der Waals surface area (Å²) in [5, 5.41) is 10.2. The fourth-order valence-electron chi connectivity index (χ4n) is 2.66. The SMILES string of the molecule is CC(=O)c1c(C)nc(-c2ccc(OCc3ccc(C)cc3)cc2)n1O. The summed E-state index contributed by atoms with van der Waals surface area (Å²) in [5.41, 5.74) is 3.73. The quantitative estimate of drug-likeness (QED) is 0.560. The van der Waals surface area contributed by atoms with Gasteiger partial charge in [-0.1, -0.05) is 29.8 Å². The van der Waals surface area contributed by atoms with Gasteiger partial charge in [-0.25, -0.2) is 4.98 Å². The van der Waals surface area contributed by atoms with Gasteiger partial charge in [0.15, 0.2) is 11.6 Å². The second-order valence-corrected chi connectivity index (χ2v) is 6.04. The Labute approximate surface area is 146 Å². The fraction of sp³-hybridized carbons (Fsp3) is 0.200. The van der Waals surface area contributed by atoms with E-state index in [0.29, 0.717) is 23.7 Å². The predicted molar refractivity (Wildman–Crippen MR) is 95.1 cm³/mol. The maximum Gasteiger partial charge on any atom is 0.181 e. The number of nitrogens with zero attached hydrogens (tertiary/aromatic N) is 2. The molecule has 0 atom stereocenters. The maximum atomic E-state index is 11.6. The highest BCUT2D eigenvalue weighted by atomic mass is 16.5. The van der Waals surface area contributed by atoms with E-state index in [0.717, 1.165) is 16.0 Å². The number of aryl methyl sites for hydroxylation is 2. The fourth-order valence-corrected chi connectivity index (χ4v) is 2.66. The molecular formula is C20H20N2O3. The van der Waals surface area contributed by atoms with Crippen LogP contribution < -0.4 is 4.74 Å². The van der Waals surface area contributed by atoms with Crippen LogP contribution in [0.5, 0.6) is 5.75 Å². The minimum absolute atomic E-state index is 0.203. The zero-order valence-corrected chi connectivity index (χ0v) is 14.5. The lowest BCUT2D eigenvalue weighted by molar-refractivity contribution is 0.0965. The molecule has 0 unspecified atom stereocenters. The zero-order valence-electron chi connectivity index (χ0n) is 14.5. The molecule has 1 heterocycles. The second kappa shape index (κ2) is 6.81. The van der Waals surface area contributed by atoms with Crippen LogP contribution in [0.25, 0.3) is 11.4 Å². The first-order valence-corrected chi connectivity index (χ1v) is 8.04. The van der Waals surface area contributed by atoms with Gasteiger partial charge in [0, 0.05) is 12.5 Å². The molecule has 0 aliphatic carbocycles. The molecule has 3 aromatic rings. The predicted octanol–water partition coefficient (Wildman–Crippen LogP) is 4.19. The monoisotopic (exact) mass is 336 g/mol. The number of Topliss-reactive ketones (excluding diaryl/α,β-unsaturated/α-hetero) is 1. The van der Waals surface area contributed by atoms with E-state index in [1.54, 1.807) is 6.92 Å². The van der Waals surface area contributed by atoms with Gasteiger partial charge >= 0.3 is 0 Å². The number of aromatic nitrogens is 2. The topological polar surface area (TPSA) is 64.3 Å². The number of hydrogen-bond donors (Lipinski definition) is 1. The normalized spacial score (nSPS) is 10.7. The van der Waals surface area contributed by atoms with Gasteiger partial charge in [0.2, 0.25) is 0 Å². The van der Waals surface area contributed by atoms with Crippen molar-refractivity contribution in [1.82, 2.24) is 9.71 Å². The minimum atomic E-state index is -0.225. The highest BCUT2D eigenvalue weighted by Crippen LogP contribution is 2.24. The number of rotatable bonds is 5. The van der Waals surface area contributed by atoms with E-state index in [1.807, 2.05) is 43.3 Å². The molecule has 1 aromatic heterocycles. The smallest absolute Gasteiger partial charge is 0.181 e. The van der Waals surface area contributed by atoms with Crippen molar-refractivity contribution in [3.63, 3.8) is 0 Å². The van der Waals surface area contributed by atoms with E-state index < -0.39 is 0 Å². The Kier molecular flexibility index (Phi) is 4.57. The Morgan fingerprint density at radius 3 is 2.28 bits per heavy atom. The van der Waals surface area contributed by atoms with Gasteiger partial charge in [0.05, 0.1) is 5.69 Å². The molecule has 5 nitrogen and oxygen atoms in total. The lowest BCUT2D eigenvalue weighted by atomic mass is 10.2. The van der Waals surface area contributed by atoms with E-state index in [9.17, 15) is 10.0 Å². The Balaban J connectivity index is 1.75. The van der Waals surface area contributed by atoms with Gasteiger partial charge in [0.25, 0.3) is 0 Å². The van der Waals surface area contributed by atoms with Crippen molar-refractivity contribution >= 4 is 5.78 Å². The number of carbonyl (C=O) groups excluding carboxylic acids is 1. The van der Waals surface area contributed by atoms with Gasteiger partial charge in [0.1, 0.15) is 18.1 Å². The summed E-state index contributed by atoms with van der Waals surface area (Å²) >= 11 is 0. The molecule has 0 aliphatic rings. The van der Waals surface area contributed by atoms with Crippen LogP contribution in [0.3, 0.4) is 0 Å². The van der Waals surface area contributed by atoms with Crippen LogP contribution in [0.2, 0.25) is 0 Å². The Morgan fingerprint density at radius 2 is 1.72 bits per heavy atom. The standard InChI is InChI=1S/C20H20N2O3/c1-13-4-6-16(7-5-13)12-25-18-10-8-17(9-11-18)20-21-14(2)19(15(3)23)22(20)24/h4-11,24H,12H2,1-3H3. The third kappa shape index (κ3) is 3.55. The summed E-state index contributed by atoms with van der Waals surface area (Å²) < 4.78 is 6.62. The van der Waals surface area contributed by atoms with Crippen LogP contribution in [0.1, 0.15) is 34.2 Å². The van der Waals surface area contributed by atoms with Gasteiger partial charge < -0.3 is 9.94 Å². The summed E-state index contributed by atoms with van der Waals surface area (Å²) in [4.78, 5) is 15.9. The van der Waals surface area contributed by atoms with Gasteiger partial charge in [-0.3, -0.25) is 4.79 Å². The average Bonchev–Trinajstić information content (AvgIpc) is 2.89. The molecule has 0 aliphatic heterocycles. The van der Waals surface area contributed by atoms with Crippen molar-refractivity contribution in [2.24, 2.45) is 0 Å². The van der Waals surface area contributed by atoms with Crippen LogP contribution >= 0.6 is 0 Å². The molecule has 0 spiro atoms. The molecule has 25 heavy (non-hydrogen) atoms. The molecule has 0 amide bonds. The average molecular weight is 336 g/mol. The summed E-state index contributed by atoms with van der Waals surface area (Å²) in [6.45, 7) is 5.64. The number of ether oxygens (including phenoxy) is 1.